The Hall–Kier alpha value is -1.63. The monoisotopic (exact) mass is 429 g/mol. The highest BCUT2D eigenvalue weighted by Crippen LogP contribution is 2.26. The first-order chi connectivity index (χ1) is 12.8. The lowest BCUT2D eigenvalue weighted by molar-refractivity contribution is -0.130. The minimum absolute atomic E-state index is 0.0415. The van der Waals surface area contributed by atoms with E-state index in [1.807, 2.05) is 0 Å². The van der Waals surface area contributed by atoms with Crippen molar-refractivity contribution in [1.82, 2.24) is 4.90 Å². The highest BCUT2D eigenvalue weighted by molar-refractivity contribution is 7.92. The molecule has 0 N–H and O–H groups in total. The number of sulfone groups is 1. The van der Waals surface area contributed by atoms with Crippen molar-refractivity contribution in [1.29, 1.82) is 0 Å². The first-order valence-electron chi connectivity index (χ1n) is 8.48. The van der Waals surface area contributed by atoms with Crippen molar-refractivity contribution >= 4 is 38.9 Å². The Balaban J connectivity index is 1.60. The number of hydrogen-bond donors (Lipinski definition) is 0. The highest BCUT2D eigenvalue weighted by atomic mass is 35.5. The number of nitrogens with zero attached hydrogens (tertiary/aromatic N) is 1. The Morgan fingerprint density at radius 3 is 2.52 bits per heavy atom. The van der Waals surface area contributed by atoms with Gasteiger partial charge < -0.3 is 4.90 Å². The van der Waals surface area contributed by atoms with Crippen molar-refractivity contribution < 1.29 is 17.6 Å². The Morgan fingerprint density at radius 1 is 1.15 bits per heavy atom. The summed E-state index contributed by atoms with van der Waals surface area (Å²) in [7, 11) is -3.52. The molecule has 0 saturated carbocycles. The molecule has 0 bridgehead atoms. The van der Waals surface area contributed by atoms with Crippen LogP contribution in [-0.4, -0.2) is 37.6 Å². The smallest absolute Gasteiger partial charge is 0.222 e. The topological polar surface area (TPSA) is 54.5 Å². The molecular weight excluding hydrogens is 412 g/mol. The predicted molar refractivity (Wildman–Crippen MR) is 103 cm³/mol. The van der Waals surface area contributed by atoms with E-state index in [1.165, 1.54) is 36.4 Å². The van der Waals surface area contributed by atoms with E-state index in [0.717, 1.165) is 0 Å². The lowest BCUT2D eigenvalue weighted by Crippen LogP contribution is -2.32. The van der Waals surface area contributed by atoms with Crippen LogP contribution in [0.4, 0.5) is 4.39 Å². The molecule has 1 aliphatic heterocycles. The summed E-state index contributed by atoms with van der Waals surface area (Å²) in [6, 6.07) is 10.5. The number of carbonyl (C=O) groups excluding carboxylic acids is 1. The zero-order valence-electron chi connectivity index (χ0n) is 14.4. The molecule has 1 heterocycles. The van der Waals surface area contributed by atoms with E-state index in [1.54, 1.807) is 11.0 Å². The zero-order valence-corrected chi connectivity index (χ0v) is 16.7. The van der Waals surface area contributed by atoms with Crippen LogP contribution in [0.2, 0.25) is 10.0 Å². The lowest BCUT2D eigenvalue weighted by Gasteiger charge is -2.17. The van der Waals surface area contributed by atoms with Crippen LogP contribution in [0.25, 0.3) is 0 Å². The first-order valence-corrected chi connectivity index (χ1v) is 10.8. The number of benzene rings is 2. The molecule has 1 atom stereocenters. The minimum Gasteiger partial charge on any atom is -0.341 e. The molecule has 2 aromatic rings. The number of amides is 1. The summed E-state index contributed by atoms with van der Waals surface area (Å²) in [6.07, 6.45) is 0.957. The number of carbonyl (C=O) groups is 1. The fourth-order valence-electron chi connectivity index (χ4n) is 3.13. The molecule has 0 aliphatic carbocycles. The van der Waals surface area contributed by atoms with Gasteiger partial charge in [-0.3, -0.25) is 4.79 Å². The normalized spacial score (nSPS) is 17.3. The summed E-state index contributed by atoms with van der Waals surface area (Å²) in [5.74, 6) is -0.656. The molecular formula is C19H18Cl2FNO3S. The van der Waals surface area contributed by atoms with Gasteiger partial charge in [-0.05, 0) is 54.8 Å². The Morgan fingerprint density at radius 2 is 1.85 bits per heavy atom. The van der Waals surface area contributed by atoms with Crippen molar-refractivity contribution in [2.45, 2.75) is 29.4 Å². The molecule has 0 spiro atoms. The van der Waals surface area contributed by atoms with Crippen LogP contribution in [0.3, 0.4) is 0 Å². The van der Waals surface area contributed by atoms with Gasteiger partial charge in [-0.15, -0.1) is 0 Å². The molecule has 2 aromatic carbocycles. The van der Waals surface area contributed by atoms with Gasteiger partial charge in [-0.1, -0.05) is 29.3 Å². The Bertz CT molecular complexity index is 948. The summed E-state index contributed by atoms with van der Waals surface area (Å²) >= 11 is 11.5. The van der Waals surface area contributed by atoms with Gasteiger partial charge in [0.2, 0.25) is 5.91 Å². The van der Waals surface area contributed by atoms with Gasteiger partial charge in [-0.2, -0.15) is 0 Å². The minimum atomic E-state index is -3.52. The number of likely N-dealkylation sites (tertiary alicyclic amines) is 1. The van der Waals surface area contributed by atoms with Crippen molar-refractivity contribution in [3.63, 3.8) is 0 Å². The van der Waals surface area contributed by atoms with Gasteiger partial charge in [0.1, 0.15) is 5.82 Å². The third-order valence-corrected chi connectivity index (χ3v) is 7.44. The first kappa shape index (κ1) is 20.1. The van der Waals surface area contributed by atoms with Gasteiger partial charge in [-0.25, -0.2) is 12.8 Å². The van der Waals surface area contributed by atoms with E-state index in [2.05, 4.69) is 0 Å². The summed E-state index contributed by atoms with van der Waals surface area (Å²) < 4.78 is 38.9. The molecule has 27 heavy (non-hydrogen) atoms. The maximum atomic E-state index is 13.5. The van der Waals surface area contributed by atoms with Crippen LogP contribution in [-0.2, 0) is 21.1 Å². The highest BCUT2D eigenvalue weighted by Gasteiger charge is 2.35. The third kappa shape index (κ3) is 4.62. The van der Waals surface area contributed by atoms with Crippen molar-refractivity contribution in [3.05, 3.63) is 63.9 Å². The Kier molecular flexibility index (Phi) is 6.08. The molecule has 1 amide bonds. The zero-order chi connectivity index (χ0) is 19.6. The fourth-order valence-corrected chi connectivity index (χ4v) is 5.07. The van der Waals surface area contributed by atoms with E-state index in [-0.39, 0.29) is 28.8 Å². The van der Waals surface area contributed by atoms with Crippen LogP contribution in [0.5, 0.6) is 0 Å². The molecule has 1 unspecified atom stereocenters. The van der Waals surface area contributed by atoms with E-state index < -0.39 is 20.9 Å². The lowest BCUT2D eigenvalue weighted by atomic mass is 10.1. The maximum Gasteiger partial charge on any atom is 0.222 e. The average molecular weight is 430 g/mol. The second kappa shape index (κ2) is 8.17. The number of rotatable bonds is 5. The van der Waals surface area contributed by atoms with Crippen LogP contribution < -0.4 is 0 Å². The average Bonchev–Trinajstić information content (AvgIpc) is 3.14. The second-order valence-corrected chi connectivity index (χ2v) is 9.57. The third-order valence-electron chi connectivity index (χ3n) is 4.69. The molecule has 1 aliphatic rings. The number of hydrogen-bond acceptors (Lipinski definition) is 3. The van der Waals surface area contributed by atoms with Gasteiger partial charge >= 0.3 is 0 Å². The number of halogens is 3. The quantitative estimate of drug-likeness (QED) is 0.717. The number of aryl methyl sites for hydroxylation is 1. The SMILES string of the molecule is O=C(CCc1ccc(Cl)c(F)c1)N1CCC(S(=O)(=O)c2ccc(Cl)cc2)C1. The summed E-state index contributed by atoms with van der Waals surface area (Å²) in [6.45, 7) is 0.560. The predicted octanol–water partition coefficient (Wildman–Crippen LogP) is 4.14. The van der Waals surface area contributed by atoms with Crippen LogP contribution in [0.15, 0.2) is 47.4 Å². The van der Waals surface area contributed by atoms with E-state index in [4.69, 9.17) is 23.2 Å². The summed E-state index contributed by atoms with van der Waals surface area (Å²) in [5.41, 5.74) is 0.676. The van der Waals surface area contributed by atoms with E-state index >= 15 is 0 Å². The standard InChI is InChI=1S/C19H18Cl2FNO3S/c20-14-3-5-15(6-4-14)27(25,26)16-9-10-23(12-16)19(24)8-2-13-1-7-17(21)18(22)11-13/h1,3-7,11,16H,2,8-10,12H2. The van der Waals surface area contributed by atoms with Crippen LogP contribution in [0.1, 0.15) is 18.4 Å². The van der Waals surface area contributed by atoms with Crippen molar-refractivity contribution in [2.24, 2.45) is 0 Å². The summed E-state index contributed by atoms with van der Waals surface area (Å²) in [4.78, 5) is 14.2. The molecule has 4 nitrogen and oxygen atoms in total. The largest absolute Gasteiger partial charge is 0.341 e. The van der Waals surface area contributed by atoms with Gasteiger partial charge in [0, 0.05) is 24.5 Å². The van der Waals surface area contributed by atoms with Crippen molar-refractivity contribution in [2.75, 3.05) is 13.1 Å². The van der Waals surface area contributed by atoms with Crippen molar-refractivity contribution in [3.8, 4) is 0 Å². The molecule has 1 fully saturated rings. The van der Waals surface area contributed by atoms with Gasteiger partial charge in [0.25, 0.3) is 0 Å². The van der Waals surface area contributed by atoms with Gasteiger partial charge in [0.15, 0.2) is 9.84 Å². The molecule has 0 aromatic heterocycles. The molecule has 1 saturated heterocycles. The van der Waals surface area contributed by atoms with E-state index in [9.17, 15) is 17.6 Å². The Labute approximate surface area is 167 Å². The van der Waals surface area contributed by atoms with E-state index in [0.29, 0.717) is 30.0 Å². The fraction of sp³-hybridized carbons (Fsp3) is 0.316. The molecule has 0 radical (unpaired) electrons. The van der Waals surface area contributed by atoms with Crippen LogP contribution in [0, 0.1) is 5.82 Å². The molecule has 144 valence electrons. The summed E-state index contributed by atoms with van der Waals surface area (Å²) in [5, 5.41) is -0.119. The molecule has 8 heteroatoms. The van der Waals surface area contributed by atoms with Crippen LogP contribution >= 0.6 is 23.2 Å². The molecule has 3 rings (SSSR count). The maximum absolute atomic E-state index is 13.5. The van der Waals surface area contributed by atoms with Gasteiger partial charge in [0.05, 0.1) is 15.2 Å². The second-order valence-electron chi connectivity index (χ2n) is 6.50.